The summed E-state index contributed by atoms with van der Waals surface area (Å²) < 4.78 is 113. The van der Waals surface area contributed by atoms with Gasteiger partial charge in [0.05, 0.1) is 0 Å². The fourth-order valence-electron chi connectivity index (χ4n) is 0.454. The first-order valence-electron chi connectivity index (χ1n) is 2.96. The van der Waals surface area contributed by atoms with Gasteiger partial charge in [0.25, 0.3) is 0 Å². The van der Waals surface area contributed by atoms with E-state index < -0.39 is 33.9 Å². The lowest BCUT2D eigenvalue weighted by atomic mass is 10.2. The second-order valence-electron chi connectivity index (χ2n) is 2.38. The van der Waals surface area contributed by atoms with Crippen LogP contribution in [0.25, 0.3) is 0 Å². The topological polar surface area (TPSA) is 57.2 Å². The second kappa shape index (κ2) is 3.47. The summed E-state index contributed by atoms with van der Waals surface area (Å²) in [7, 11) is -7.03. The molecule has 0 amide bonds. The van der Waals surface area contributed by atoms with Crippen molar-refractivity contribution in [1.29, 1.82) is 0 Å². The molecule has 0 spiro atoms. The number of hydrogen-bond donors (Lipinski definition) is 0. The molecule has 15 heavy (non-hydrogen) atoms. The Labute approximate surface area is 78.6 Å². The lowest BCUT2D eigenvalue weighted by Crippen LogP contribution is -2.58. The highest BCUT2D eigenvalue weighted by Crippen LogP contribution is 2.48. The standard InChI is InChI=1S/C4H3F7O3S/c5-1-2(6,7)3(8,9)4(10,11)15(12,13)14/h1H2,(H,12,13,14)/p-1. The zero-order valence-electron chi connectivity index (χ0n) is 6.49. The predicted molar refractivity (Wildman–Crippen MR) is 30.5 cm³/mol. The van der Waals surface area contributed by atoms with Gasteiger partial charge in [-0.05, 0) is 0 Å². The SMILES string of the molecule is O=S(=O)([O-])C(F)(F)C(F)(F)C(F)(F)CF. The fraction of sp³-hybridized carbons (Fsp3) is 1.00. The van der Waals surface area contributed by atoms with Crippen LogP contribution in [-0.4, -0.2) is 36.7 Å². The number of hydrogen-bond acceptors (Lipinski definition) is 3. The quantitative estimate of drug-likeness (QED) is 0.568. The van der Waals surface area contributed by atoms with E-state index in [0.29, 0.717) is 0 Å². The largest absolute Gasteiger partial charge is 0.743 e. The molecule has 3 nitrogen and oxygen atoms in total. The summed E-state index contributed by atoms with van der Waals surface area (Å²) in [4.78, 5) is 0. The van der Waals surface area contributed by atoms with Crippen LogP contribution in [-0.2, 0) is 10.1 Å². The van der Waals surface area contributed by atoms with E-state index in [1.54, 1.807) is 0 Å². The second-order valence-corrected chi connectivity index (χ2v) is 3.80. The van der Waals surface area contributed by atoms with Crippen LogP contribution >= 0.6 is 0 Å². The molecule has 0 rings (SSSR count). The summed E-state index contributed by atoms with van der Waals surface area (Å²) in [5.41, 5.74) is 0. The summed E-state index contributed by atoms with van der Waals surface area (Å²) in [6.07, 6.45) is 0. The van der Waals surface area contributed by atoms with Crippen molar-refractivity contribution in [1.82, 2.24) is 0 Å². The first-order valence-corrected chi connectivity index (χ1v) is 4.37. The van der Waals surface area contributed by atoms with Crippen molar-refractivity contribution in [3.8, 4) is 0 Å². The lowest BCUT2D eigenvalue weighted by molar-refractivity contribution is -0.284. The van der Waals surface area contributed by atoms with E-state index in [9.17, 15) is 43.7 Å². The molecule has 0 atom stereocenters. The van der Waals surface area contributed by atoms with E-state index in [-0.39, 0.29) is 0 Å². The molecular formula is C4H2F7O3S-. The maximum absolute atomic E-state index is 12.2. The molecule has 0 saturated carbocycles. The maximum atomic E-state index is 12.2. The molecule has 0 aromatic carbocycles. The summed E-state index contributed by atoms with van der Waals surface area (Å²) in [5, 5.41) is -6.59. The minimum absolute atomic E-state index is 3.23. The molecule has 0 aliphatic heterocycles. The minimum Gasteiger partial charge on any atom is -0.743 e. The van der Waals surface area contributed by atoms with Crippen LogP contribution in [0.15, 0.2) is 0 Å². The lowest BCUT2D eigenvalue weighted by Gasteiger charge is -2.32. The average Bonchev–Trinajstić information content (AvgIpc) is 2.01. The van der Waals surface area contributed by atoms with E-state index in [1.807, 2.05) is 0 Å². The number of rotatable bonds is 4. The molecule has 0 radical (unpaired) electrons. The van der Waals surface area contributed by atoms with Crippen molar-refractivity contribution in [2.45, 2.75) is 17.1 Å². The summed E-state index contributed by atoms with van der Waals surface area (Å²) in [6, 6.07) is 0. The van der Waals surface area contributed by atoms with Gasteiger partial charge in [0.2, 0.25) is 0 Å². The Morgan fingerprint density at radius 2 is 1.33 bits per heavy atom. The van der Waals surface area contributed by atoms with E-state index >= 15 is 0 Å². The summed E-state index contributed by atoms with van der Waals surface area (Å²) >= 11 is 0. The smallest absolute Gasteiger partial charge is 0.402 e. The van der Waals surface area contributed by atoms with Crippen LogP contribution in [0.1, 0.15) is 0 Å². The van der Waals surface area contributed by atoms with Gasteiger partial charge in [0.15, 0.2) is 16.8 Å². The van der Waals surface area contributed by atoms with E-state index in [4.69, 9.17) is 0 Å². The monoisotopic (exact) mass is 263 g/mol. The van der Waals surface area contributed by atoms with Crippen molar-refractivity contribution < 1.29 is 43.7 Å². The van der Waals surface area contributed by atoms with Gasteiger partial charge >= 0.3 is 17.1 Å². The molecule has 0 unspecified atom stereocenters. The third kappa shape index (κ3) is 2.02. The molecule has 0 saturated heterocycles. The van der Waals surface area contributed by atoms with Gasteiger partial charge in [-0.25, -0.2) is 12.8 Å². The van der Waals surface area contributed by atoms with Gasteiger partial charge in [-0.3, -0.25) is 0 Å². The van der Waals surface area contributed by atoms with Crippen molar-refractivity contribution in [2.24, 2.45) is 0 Å². The molecule has 0 aliphatic carbocycles. The Bertz CT molecular complexity index is 334. The van der Waals surface area contributed by atoms with E-state index in [0.717, 1.165) is 0 Å². The summed E-state index contributed by atoms with van der Waals surface area (Å²) in [5.74, 6) is -12.6. The van der Waals surface area contributed by atoms with Gasteiger partial charge in [-0.15, -0.1) is 0 Å². The molecular weight excluding hydrogens is 261 g/mol. The average molecular weight is 263 g/mol. The van der Waals surface area contributed by atoms with Crippen molar-refractivity contribution in [2.75, 3.05) is 6.67 Å². The molecule has 0 bridgehead atoms. The normalized spacial score (nSPS) is 15.5. The van der Waals surface area contributed by atoms with E-state index in [1.165, 1.54) is 0 Å². The van der Waals surface area contributed by atoms with Crippen LogP contribution in [0.4, 0.5) is 30.7 Å². The molecule has 92 valence electrons. The van der Waals surface area contributed by atoms with Crippen LogP contribution < -0.4 is 0 Å². The van der Waals surface area contributed by atoms with Crippen LogP contribution in [0.5, 0.6) is 0 Å². The minimum atomic E-state index is -7.03. The van der Waals surface area contributed by atoms with Crippen LogP contribution in [0.3, 0.4) is 0 Å². The third-order valence-electron chi connectivity index (χ3n) is 1.31. The molecule has 0 fully saturated rings. The first-order chi connectivity index (χ1) is 6.31. The van der Waals surface area contributed by atoms with Gasteiger partial charge in [0.1, 0.15) is 0 Å². The fourth-order valence-corrected chi connectivity index (χ4v) is 0.917. The van der Waals surface area contributed by atoms with Gasteiger partial charge < -0.3 is 4.55 Å². The zero-order valence-corrected chi connectivity index (χ0v) is 7.30. The molecule has 0 aliphatic rings. The molecule has 11 heteroatoms. The van der Waals surface area contributed by atoms with Crippen molar-refractivity contribution in [3.05, 3.63) is 0 Å². The Hall–Kier alpha value is -0.580. The van der Waals surface area contributed by atoms with Crippen molar-refractivity contribution in [3.63, 3.8) is 0 Å². The Kier molecular flexibility index (Phi) is 3.34. The molecule has 0 N–H and O–H groups in total. The molecule has 0 aromatic rings. The maximum Gasteiger partial charge on any atom is 0.402 e. The zero-order chi connectivity index (χ0) is 12.7. The van der Waals surface area contributed by atoms with E-state index in [2.05, 4.69) is 0 Å². The molecule has 0 heterocycles. The highest BCUT2D eigenvalue weighted by molar-refractivity contribution is 7.86. The predicted octanol–water partition coefficient (Wildman–Crippen LogP) is 1.36. The number of halogens is 7. The van der Waals surface area contributed by atoms with Gasteiger partial charge in [-0.2, -0.15) is 26.3 Å². The number of alkyl halides is 7. The Morgan fingerprint density at radius 3 is 1.53 bits per heavy atom. The highest BCUT2D eigenvalue weighted by atomic mass is 32.2. The van der Waals surface area contributed by atoms with Gasteiger partial charge in [-0.1, -0.05) is 0 Å². The third-order valence-corrected chi connectivity index (χ3v) is 2.19. The van der Waals surface area contributed by atoms with Gasteiger partial charge in [0, 0.05) is 0 Å². The molecule has 0 aromatic heterocycles. The summed E-state index contributed by atoms with van der Waals surface area (Å²) in [6.45, 7) is -3.23. The Balaban J connectivity index is 5.59. The van der Waals surface area contributed by atoms with Crippen LogP contribution in [0, 0.1) is 0 Å². The highest BCUT2D eigenvalue weighted by Gasteiger charge is 2.74. The van der Waals surface area contributed by atoms with Crippen LogP contribution in [0.2, 0.25) is 0 Å². The van der Waals surface area contributed by atoms with Crippen molar-refractivity contribution >= 4 is 10.1 Å². The Morgan fingerprint density at radius 1 is 1.00 bits per heavy atom. The first kappa shape index (κ1) is 14.4.